The Hall–Kier alpha value is -1.51. The second kappa shape index (κ2) is 7.32. The SMILES string of the molecule is CC(C)C(=O)OCc1ccc(NCCC(C)(C)C)cc1. The Morgan fingerprint density at radius 1 is 1.20 bits per heavy atom. The quantitative estimate of drug-likeness (QED) is 0.791. The second-order valence-electron chi connectivity index (χ2n) is 6.70. The Balaban J connectivity index is 2.38. The number of anilines is 1. The van der Waals surface area contributed by atoms with Crippen molar-refractivity contribution in [2.24, 2.45) is 11.3 Å². The number of hydrogen-bond acceptors (Lipinski definition) is 3. The molecule has 3 nitrogen and oxygen atoms in total. The molecule has 0 radical (unpaired) electrons. The first-order valence-electron chi connectivity index (χ1n) is 7.27. The molecule has 112 valence electrons. The molecule has 0 spiro atoms. The minimum absolute atomic E-state index is 0.0756. The first kappa shape index (κ1) is 16.5. The van der Waals surface area contributed by atoms with Crippen LogP contribution in [0.3, 0.4) is 0 Å². The van der Waals surface area contributed by atoms with Crippen LogP contribution in [0.15, 0.2) is 24.3 Å². The molecule has 0 fully saturated rings. The third kappa shape index (κ3) is 6.60. The highest BCUT2D eigenvalue weighted by Gasteiger charge is 2.09. The van der Waals surface area contributed by atoms with Crippen molar-refractivity contribution in [2.45, 2.75) is 47.6 Å². The fourth-order valence-corrected chi connectivity index (χ4v) is 1.62. The van der Waals surface area contributed by atoms with Crippen LogP contribution in [0.1, 0.15) is 46.6 Å². The van der Waals surface area contributed by atoms with Gasteiger partial charge < -0.3 is 10.1 Å². The molecule has 0 aliphatic rings. The van der Waals surface area contributed by atoms with Crippen LogP contribution in [-0.2, 0) is 16.1 Å². The lowest BCUT2D eigenvalue weighted by molar-refractivity contribution is -0.148. The van der Waals surface area contributed by atoms with Crippen molar-refractivity contribution in [1.29, 1.82) is 0 Å². The first-order chi connectivity index (χ1) is 9.28. The van der Waals surface area contributed by atoms with Gasteiger partial charge in [0.25, 0.3) is 0 Å². The van der Waals surface area contributed by atoms with Crippen molar-refractivity contribution < 1.29 is 9.53 Å². The monoisotopic (exact) mass is 277 g/mol. The van der Waals surface area contributed by atoms with Crippen LogP contribution in [0.2, 0.25) is 0 Å². The molecule has 0 aromatic heterocycles. The molecule has 0 amide bonds. The molecule has 3 heteroatoms. The summed E-state index contributed by atoms with van der Waals surface area (Å²) in [4.78, 5) is 11.4. The summed E-state index contributed by atoms with van der Waals surface area (Å²) in [6, 6.07) is 8.04. The van der Waals surface area contributed by atoms with E-state index in [4.69, 9.17) is 4.74 Å². The topological polar surface area (TPSA) is 38.3 Å². The van der Waals surface area contributed by atoms with E-state index in [2.05, 4.69) is 26.1 Å². The van der Waals surface area contributed by atoms with E-state index in [0.29, 0.717) is 12.0 Å². The maximum absolute atomic E-state index is 11.4. The summed E-state index contributed by atoms with van der Waals surface area (Å²) in [5.74, 6) is -0.231. The lowest BCUT2D eigenvalue weighted by Crippen LogP contribution is -2.13. The van der Waals surface area contributed by atoms with E-state index in [1.807, 2.05) is 38.1 Å². The van der Waals surface area contributed by atoms with Gasteiger partial charge in [0.05, 0.1) is 5.92 Å². The van der Waals surface area contributed by atoms with E-state index in [0.717, 1.165) is 24.2 Å². The largest absolute Gasteiger partial charge is 0.461 e. The van der Waals surface area contributed by atoms with E-state index >= 15 is 0 Å². The van der Waals surface area contributed by atoms with Crippen LogP contribution < -0.4 is 5.32 Å². The highest BCUT2D eigenvalue weighted by Crippen LogP contribution is 2.19. The maximum Gasteiger partial charge on any atom is 0.308 e. The van der Waals surface area contributed by atoms with Crippen LogP contribution >= 0.6 is 0 Å². The molecular weight excluding hydrogens is 250 g/mol. The predicted molar refractivity (Wildman–Crippen MR) is 83.6 cm³/mol. The van der Waals surface area contributed by atoms with E-state index in [9.17, 15) is 4.79 Å². The number of nitrogens with one attached hydrogen (secondary N) is 1. The second-order valence-corrected chi connectivity index (χ2v) is 6.70. The van der Waals surface area contributed by atoms with Crippen molar-refractivity contribution in [1.82, 2.24) is 0 Å². The molecule has 1 aromatic carbocycles. The Labute approximate surface area is 122 Å². The highest BCUT2D eigenvalue weighted by molar-refractivity contribution is 5.71. The van der Waals surface area contributed by atoms with Crippen molar-refractivity contribution in [3.63, 3.8) is 0 Å². The number of benzene rings is 1. The molecule has 0 saturated carbocycles. The van der Waals surface area contributed by atoms with Gasteiger partial charge in [0.15, 0.2) is 0 Å². The van der Waals surface area contributed by atoms with Gasteiger partial charge >= 0.3 is 5.97 Å². The van der Waals surface area contributed by atoms with Gasteiger partial charge in [0, 0.05) is 12.2 Å². The fraction of sp³-hybridized carbons (Fsp3) is 0.588. The van der Waals surface area contributed by atoms with E-state index < -0.39 is 0 Å². The van der Waals surface area contributed by atoms with Gasteiger partial charge in [-0.1, -0.05) is 46.8 Å². The number of ether oxygens (including phenoxy) is 1. The van der Waals surface area contributed by atoms with Crippen LogP contribution in [0.5, 0.6) is 0 Å². The number of esters is 1. The zero-order chi connectivity index (χ0) is 15.2. The third-order valence-electron chi connectivity index (χ3n) is 3.01. The van der Waals surface area contributed by atoms with Crippen molar-refractivity contribution in [3.8, 4) is 0 Å². The van der Waals surface area contributed by atoms with Gasteiger partial charge in [0.2, 0.25) is 0 Å². The summed E-state index contributed by atoms with van der Waals surface area (Å²) in [7, 11) is 0. The summed E-state index contributed by atoms with van der Waals surface area (Å²) in [5.41, 5.74) is 2.46. The molecule has 20 heavy (non-hydrogen) atoms. The molecule has 0 aliphatic heterocycles. The standard InChI is InChI=1S/C17H27NO2/c1-13(2)16(19)20-12-14-6-8-15(9-7-14)18-11-10-17(3,4)5/h6-9,13,18H,10-12H2,1-5H3. The van der Waals surface area contributed by atoms with Gasteiger partial charge in [-0.3, -0.25) is 4.79 Å². The number of rotatable bonds is 6. The number of hydrogen-bond donors (Lipinski definition) is 1. The van der Waals surface area contributed by atoms with Crippen LogP contribution in [0.4, 0.5) is 5.69 Å². The maximum atomic E-state index is 11.4. The zero-order valence-electron chi connectivity index (χ0n) is 13.3. The van der Waals surface area contributed by atoms with Gasteiger partial charge in [0.1, 0.15) is 6.61 Å². The number of carbonyl (C=O) groups excluding carboxylic acids is 1. The average molecular weight is 277 g/mol. The van der Waals surface area contributed by atoms with Crippen molar-refractivity contribution in [2.75, 3.05) is 11.9 Å². The zero-order valence-corrected chi connectivity index (χ0v) is 13.3. The summed E-state index contributed by atoms with van der Waals surface area (Å²) in [6.07, 6.45) is 1.13. The van der Waals surface area contributed by atoms with E-state index in [1.165, 1.54) is 0 Å². The van der Waals surface area contributed by atoms with E-state index in [-0.39, 0.29) is 11.9 Å². The fourth-order valence-electron chi connectivity index (χ4n) is 1.62. The molecule has 1 rings (SSSR count). The molecule has 0 bridgehead atoms. The van der Waals surface area contributed by atoms with Gasteiger partial charge in [-0.2, -0.15) is 0 Å². The third-order valence-corrected chi connectivity index (χ3v) is 3.01. The molecule has 0 aliphatic carbocycles. The van der Waals surface area contributed by atoms with Crippen LogP contribution in [0, 0.1) is 11.3 Å². The Bertz CT molecular complexity index is 416. The molecule has 1 N–H and O–H groups in total. The smallest absolute Gasteiger partial charge is 0.308 e. The minimum Gasteiger partial charge on any atom is -0.461 e. The van der Waals surface area contributed by atoms with Gasteiger partial charge in [-0.05, 0) is 29.5 Å². The van der Waals surface area contributed by atoms with Crippen LogP contribution in [-0.4, -0.2) is 12.5 Å². The van der Waals surface area contributed by atoms with Crippen molar-refractivity contribution >= 4 is 11.7 Å². The molecule has 1 aromatic rings. The highest BCUT2D eigenvalue weighted by atomic mass is 16.5. The molecule has 0 heterocycles. The average Bonchev–Trinajstić information content (AvgIpc) is 2.35. The summed E-state index contributed by atoms with van der Waals surface area (Å²) < 4.78 is 5.20. The molecular formula is C17H27NO2. The molecule has 0 unspecified atom stereocenters. The summed E-state index contributed by atoms with van der Waals surface area (Å²) in [5, 5.41) is 3.40. The Kier molecular flexibility index (Phi) is 6.05. The summed E-state index contributed by atoms with van der Waals surface area (Å²) >= 11 is 0. The first-order valence-corrected chi connectivity index (χ1v) is 7.27. The van der Waals surface area contributed by atoms with Gasteiger partial charge in [-0.15, -0.1) is 0 Å². The Morgan fingerprint density at radius 2 is 1.80 bits per heavy atom. The summed E-state index contributed by atoms with van der Waals surface area (Å²) in [6.45, 7) is 11.7. The molecule has 0 saturated heterocycles. The van der Waals surface area contributed by atoms with Crippen molar-refractivity contribution in [3.05, 3.63) is 29.8 Å². The molecule has 0 atom stereocenters. The van der Waals surface area contributed by atoms with Crippen LogP contribution in [0.25, 0.3) is 0 Å². The van der Waals surface area contributed by atoms with Gasteiger partial charge in [-0.25, -0.2) is 0 Å². The normalized spacial score (nSPS) is 11.5. The van der Waals surface area contributed by atoms with E-state index in [1.54, 1.807) is 0 Å². The minimum atomic E-state index is -0.155. The predicted octanol–water partition coefficient (Wildman–Crippen LogP) is 4.23. The lowest BCUT2D eigenvalue weighted by atomic mass is 9.92. The number of carbonyl (C=O) groups is 1. The lowest BCUT2D eigenvalue weighted by Gasteiger charge is -2.18. The Morgan fingerprint density at radius 3 is 2.30 bits per heavy atom.